The van der Waals surface area contributed by atoms with Crippen LogP contribution < -0.4 is 16.4 Å². The summed E-state index contributed by atoms with van der Waals surface area (Å²) in [4.78, 5) is 24.3. The minimum absolute atomic E-state index is 0.138. The highest BCUT2D eigenvalue weighted by Gasteiger charge is 2.23. The molecule has 26 heavy (non-hydrogen) atoms. The summed E-state index contributed by atoms with van der Waals surface area (Å²) >= 11 is 0. The Labute approximate surface area is 152 Å². The lowest BCUT2D eigenvalue weighted by Gasteiger charge is -2.14. The summed E-state index contributed by atoms with van der Waals surface area (Å²) in [6.45, 7) is 2.61. The third-order valence-electron chi connectivity index (χ3n) is 4.36. The number of benzene rings is 2. The largest absolute Gasteiger partial charge is 0.368 e. The molecule has 0 aliphatic carbocycles. The second-order valence-electron chi connectivity index (χ2n) is 6.45. The molecular weight excluding hydrogens is 330 g/mol. The van der Waals surface area contributed by atoms with E-state index in [1.54, 1.807) is 24.3 Å². The molecule has 1 saturated heterocycles. The van der Waals surface area contributed by atoms with E-state index in [1.165, 1.54) is 0 Å². The predicted octanol–water partition coefficient (Wildman–Crippen LogP) is 2.75. The second-order valence-corrected chi connectivity index (χ2v) is 6.45. The normalized spacial score (nSPS) is 17.5. The molecule has 4 N–H and O–H groups in total. The number of rotatable bonds is 5. The van der Waals surface area contributed by atoms with Gasteiger partial charge in [0.05, 0.1) is 0 Å². The molecule has 3 rings (SSSR count). The van der Waals surface area contributed by atoms with Crippen molar-refractivity contribution in [3.63, 3.8) is 0 Å². The molecule has 0 aromatic heterocycles. The van der Waals surface area contributed by atoms with E-state index in [2.05, 4.69) is 10.6 Å². The zero-order chi connectivity index (χ0) is 18.5. The second kappa shape index (κ2) is 8.12. The van der Waals surface area contributed by atoms with Crippen molar-refractivity contribution in [3.8, 4) is 0 Å². The molecular formula is C20H23N3O3. The van der Waals surface area contributed by atoms with Crippen LogP contribution in [0.3, 0.4) is 0 Å². The Hall–Kier alpha value is -2.70. The molecule has 136 valence electrons. The van der Waals surface area contributed by atoms with E-state index in [0.29, 0.717) is 18.0 Å². The van der Waals surface area contributed by atoms with E-state index in [0.717, 1.165) is 24.0 Å². The minimum Gasteiger partial charge on any atom is -0.368 e. The fourth-order valence-electron chi connectivity index (χ4n) is 2.79. The van der Waals surface area contributed by atoms with Gasteiger partial charge in [-0.3, -0.25) is 9.59 Å². The van der Waals surface area contributed by atoms with Crippen molar-refractivity contribution in [2.45, 2.75) is 31.9 Å². The van der Waals surface area contributed by atoms with Gasteiger partial charge in [0.1, 0.15) is 12.1 Å². The van der Waals surface area contributed by atoms with Crippen molar-refractivity contribution in [2.75, 3.05) is 17.2 Å². The monoisotopic (exact) mass is 353 g/mol. The fraction of sp³-hybridized carbons (Fsp3) is 0.300. The molecule has 2 aromatic rings. The summed E-state index contributed by atoms with van der Waals surface area (Å²) in [6.07, 6.45) is 1.28. The Morgan fingerprint density at radius 1 is 1.04 bits per heavy atom. The number of hydrogen-bond acceptors (Lipinski definition) is 4. The van der Waals surface area contributed by atoms with Crippen molar-refractivity contribution in [2.24, 2.45) is 5.73 Å². The van der Waals surface area contributed by atoms with E-state index >= 15 is 0 Å². The molecule has 6 nitrogen and oxygen atoms in total. The van der Waals surface area contributed by atoms with Crippen LogP contribution in [0, 0.1) is 6.92 Å². The summed E-state index contributed by atoms with van der Waals surface area (Å²) in [5.41, 5.74) is 9.17. The van der Waals surface area contributed by atoms with Crippen molar-refractivity contribution in [1.82, 2.24) is 0 Å². The average molecular weight is 353 g/mol. The number of amides is 2. The van der Waals surface area contributed by atoms with Crippen LogP contribution in [0.5, 0.6) is 0 Å². The number of nitrogens with one attached hydrogen (secondary N) is 2. The molecule has 1 aliphatic rings. The van der Waals surface area contributed by atoms with Crippen molar-refractivity contribution < 1.29 is 14.3 Å². The maximum Gasteiger partial charge on any atom is 0.253 e. The van der Waals surface area contributed by atoms with Gasteiger partial charge in [-0.25, -0.2) is 0 Å². The van der Waals surface area contributed by atoms with Crippen LogP contribution in [0.4, 0.5) is 11.4 Å². The first-order chi connectivity index (χ1) is 12.5. The number of anilines is 2. The van der Waals surface area contributed by atoms with Crippen molar-refractivity contribution >= 4 is 23.2 Å². The van der Waals surface area contributed by atoms with Gasteiger partial charge in [0, 0.05) is 18.0 Å². The Bertz CT molecular complexity index is 766. The molecule has 2 amide bonds. The van der Waals surface area contributed by atoms with Crippen LogP contribution in [0.15, 0.2) is 48.5 Å². The summed E-state index contributed by atoms with van der Waals surface area (Å²) in [6, 6.07) is 13.7. The molecule has 2 unspecified atom stereocenters. The number of nitrogens with two attached hydrogens (primary N) is 1. The zero-order valence-electron chi connectivity index (χ0n) is 14.7. The Morgan fingerprint density at radius 3 is 2.23 bits per heavy atom. The van der Waals surface area contributed by atoms with Gasteiger partial charge in [-0.05, 0) is 49.6 Å². The first-order valence-electron chi connectivity index (χ1n) is 8.68. The molecule has 6 heteroatoms. The molecule has 0 spiro atoms. The molecule has 0 radical (unpaired) electrons. The summed E-state index contributed by atoms with van der Waals surface area (Å²) in [5, 5.41) is 5.61. The topological polar surface area (TPSA) is 93.5 Å². The molecule has 2 atom stereocenters. The number of ether oxygens (including phenoxy) is 1. The third kappa shape index (κ3) is 4.47. The summed E-state index contributed by atoms with van der Waals surface area (Å²) in [7, 11) is 0. The molecule has 1 aliphatic heterocycles. The number of aryl methyl sites for hydroxylation is 1. The van der Waals surface area contributed by atoms with Gasteiger partial charge in [-0.15, -0.1) is 0 Å². The van der Waals surface area contributed by atoms with E-state index in [1.807, 2.05) is 31.2 Å². The van der Waals surface area contributed by atoms with Gasteiger partial charge in [-0.1, -0.05) is 29.8 Å². The van der Waals surface area contributed by atoms with Crippen LogP contribution in [-0.4, -0.2) is 24.5 Å². The highest BCUT2D eigenvalue weighted by Crippen LogP contribution is 2.19. The van der Waals surface area contributed by atoms with Crippen LogP contribution in [-0.2, 0) is 14.3 Å². The van der Waals surface area contributed by atoms with Gasteiger partial charge < -0.3 is 21.1 Å². The van der Waals surface area contributed by atoms with Crippen LogP contribution >= 0.6 is 0 Å². The first kappa shape index (κ1) is 18.1. The maximum atomic E-state index is 12.3. The highest BCUT2D eigenvalue weighted by atomic mass is 16.5. The quantitative estimate of drug-likeness (QED) is 0.770. The maximum absolute atomic E-state index is 12.3. The smallest absolute Gasteiger partial charge is 0.253 e. The highest BCUT2D eigenvalue weighted by molar-refractivity contribution is 5.96. The predicted molar refractivity (Wildman–Crippen MR) is 101 cm³/mol. The van der Waals surface area contributed by atoms with E-state index in [4.69, 9.17) is 10.5 Å². The molecule has 0 bridgehead atoms. The van der Waals surface area contributed by atoms with Crippen LogP contribution in [0.2, 0.25) is 0 Å². The van der Waals surface area contributed by atoms with Gasteiger partial charge in [0.25, 0.3) is 5.91 Å². The van der Waals surface area contributed by atoms with Crippen molar-refractivity contribution in [3.05, 3.63) is 59.7 Å². The van der Waals surface area contributed by atoms with Crippen molar-refractivity contribution in [1.29, 1.82) is 0 Å². The minimum atomic E-state index is -0.741. The fourth-order valence-corrected chi connectivity index (χ4v) is 2.79. The van der Waals surface area contributed by atoms with Gasteiger partial charge >= 0.3 is 0 Å². The molecule has 1 fully saturated rings. The zero-order valence-corrected chi connectivity index (χ0v) is 14.7. The first-order valence-corrected chi connectivity index (χ1v) is 8.68. The van der Waals surface area contributed by atoms with Crippen LogP contribution in [0.25, 0.3) is 0 Å². The average Bonchev–Trinajstić information content (AvgIpc) is 3.18. The Balaban J connectivity index is 1.57. The summed E-state index contributed by atoms with van der Waals surface area (Å²) in [5.74, 6) is -0.425. The standard InChI is InChI=1S/C20H23N3O3/c1-13-4-6-14(7-5-13)18(21)20(25)23-16-10-8-15(9-11-16)22-19(24)17-3-2-12-26-17/h4-11,17-18H,2-3,12,21H2,1H3,(H,22,24)(H,23,25). The van der Waals surface area contributed by atoms with Gasteiger partial charge in [0.2, 0.25) is 5.91 Å². The van der Waals surface area contributed by atoms with Crippen LogP contribution in [0.1, 0.15) is 30.0 Å². The van der Waals surface area contributed by atoms with Gasteiger partial charge in [0.15, 0.2) is 0 Å². The Kier molecular flexibility index (Phi) is 5.65. The molecule has 2 aromatic carbocycles. The lowest BCUT2D eigenvalue weighted by Crippen LogP contribution is -2.28. The molecule has 1 heterocycles. The van der Waals surface area contributed by atoms with E-state index < -0.39 is 6.04 Å². The third-order valence-corrected chi connectivity index (χ3v) is 4.36. The lowest BCUT2D eigenvalue weighted by atomic mass is 10.1. The lowest BCUT2D eigenvalue weighted by molar-refractivity contribution is -0.124. The van der Waals surface area contributed by atoms with E-state index in [-0.39, 0.29) is 17.9 Å². The van der Waals surface area contributed by atoms with Gasteiger partial charge in [-0.2, -0.15) is 0 Å². The summed E-state index contributed by atoms with van der Waals surface area (Å²) < 4.78 is 5.36. The number of carbonyl (C=O) groups is 2. The molecule has 0 saturated carbocycles. The number of carbonyl (C=O) groups excluding carboxylic acids is 2. The number of hydrogen-bond donors (Lipinski definition) is 3. The SMILES string of the molecule is Cc1ccc(C(N)C(=O)Nc2ccc(NC(=O)C3CCCO3)cc2)cc1. The Morgan fingerprint density at radius 2 is 1.65 bits per heavy atom. The van der Waals surface area contributed by atoms with E-state index in [9.17, 15) is 9.59 Å².